The highest BCUT2D eigenvalue weighted by atomic mass is 35.5. The van der Waals surface area contributed by atoms with E-state index in [9.17, 15) is 0 Å². The maximum absolute atomic E-state index is 6.09. The highest BCUT2D eigenvalue weighted by Crippen LogP contribution is 2.20. The van der Waals surface area contributed by atoms with Crippen LogP contribution in [0.2, 0.25) is 5.02 Å². The van der Waals surface area contributed by atoms with E-state index < -0.39 is 0 Å². The summed E-state index contributed by atoms with van der Waals surface area (Å²) in [6.45, 7) is 0. The van der Waals surface area contributed by atoms with Gasteiger partial charge in [-0.25, -0.2) is 4.98 Å². The smallest absolute Gasteiger partial charge is 0.129 e. The number of hydrogen-bond acceptors (Lipinski definition) is 2. The van der Waals surface area contributed by atoms with Crippen molar-refractivity contribution in [3.05, 3.63) is 53.1 Å². The van der Waals surface area contributed by atoms with Gasteiger partial charge in [0.15, 0.2) is 0 Å². The molecule has 1 aromatic carbocycles. The van der Waals surface area contributed by atoms with Crippen molar-refractivity contribution < 1.29 is 0 Å². The van der Waals surface area contributed by atoms with Crippen LogP contribution in [0.15, 0.2) is 36.7 Å². The number of nitrogens with two attached hydrogens (primary N) is 1. The molecule has 2 aromatic rings. The Labute approximate surface area is 93.5 Å². The Kier molecular flexibility index (Phi) is 2.75. The third-order valence-corrected chi connectivity index (χ3v) is 2.58. The molecule has 1 atom stereocenters. The molecule has 0 saturated heterocycles. The molecule has 0 aliphatic rings. The van der Waals surface area contributed by atoms with Crippen molar-refractivity contribution in [2.45, 2.75) is 6.04 Å². The van der Waals surface area contributed by atoms with Gasteiger partial charge in [0.1, 0.15) is 5.82 Å². The Morgan fingerprint density at radius 3 is 2.87 bits per heavy atom. The lowest BCUT2D eigenvalue weighted by atomic mass is 10.1. The molecule has 2 rings (SSSR count). The average Bonchev–Trinajstić information content (AvgIpc) is 2.63. The molecule has 0 radical (unpaired) electrons. The molecule has 0 amide bonds. The first-order valence-electron chi connectivity index (χ1n) is 4.67. The van der Waals surface area contributed by atoms with Gasteiger partial charge in [-0.2, -0.15) is 0 Å². The molecular weight excluding hydrogens is 210 g/mol. The Morgan fingerprint density at radius 1 is 1.47 bits per heavy atom. The molecule has 2 N–H and O–H groups in total. The predicted molar refractivity (Wildman–Crippen MR) is 60.7 cm³/mol. The van der Waals surface area contributed by atoms with Crippen LogP contribution in [0.1, 0.15) is 17.4 Å². The van der Waals surface area contributed by atoms with Gasteiger partial charge in [-0.05, 0) is 17.7 Å². The zero-order chi connectivity index (χ0) is 10.8. The SMILES string of the molecule is Cn1ccnc1[C@@H](N)c1cccc(Cl)c1. The van der Waals surface area contributed by atoms with E-state index in [0.29, 0.717) is 5.02 Å². The van der Waals surface area contributed by atoms with Crippen molar-refractivity contribution in [2.24, 2.45) is 12.8 Å². The number of rotatable bonds is 2. The fourth-order valence-corrected chi connectivity index (χ4v) is 1.72. The molecule has 0 aliphatic carbocycles. The van der Waals surface area contributed by atoms with Gasteiger partial charge in [0.25, 0.3) is 0 Å². The molecule has 15 heavy (non-hydrogen) atoms. The summed E-state index contributed by atoms with van der Waals surface area (Å²) in [5, 5.41) is 0.692. The van der Waals surface area contributed by atoms with Crippen molar-refractivity contribution in [1.82, 2.24) is 9.55 Å². The van der Waals surface area contributed by atoms with Crippen LogP contribution >= 0.6 is 11.6 Å². The number of benzene rings is 1. The summed E-state index contributed by atoms with van der Waals surface area (Å²) >= 11 is 5.91. The van der Waals surface area contributed by atoms with Crippen molar-refractivity contribution in [1.29, 1.82) is 0 Å². The quantitative estimate of drug-likeness (QED) is 0.844. The van der Waals surface area contributed by atoms with Crippen LogP contribution in [0.5, 0.6) is 0 Å². The van der Waals surface area contributed by atoms with Crippen molar-refractivity contribution in [3.8, 4) is 0 Å². The number of aryl methyl sites for hydroxylation is 1. The van der Waals surface area contributed by atoms with Crippen LogP contribution < -0.4 is 5.73 Å². The summed E-state index contributed by atoms with van der Waals surface area (Å²) in [7, 11) is 1.92. The molecule has 1 heterocycles. The number of nitrogens with zero attached hydrogens (tertiary/aromatic N) is 2. The third-order valence-electron chi connectivity index (χ3n) is 2.34. The predicted octanol–water partition coefficient (Wildman–Crippen LogP) is 2.12. The third kappa shape index (κ3) is 2.03. The zero-order valence-corrected chi connectivity index (χ0v) is 9.15. The van der Waals surface area contributed by atoms with Crippen LogP contribution in [0.25, 0.3) is 0 Å². The number of aromatic nitrogens is 2. The van der Waals surface area contributed by atoms with E-state index in [1.165, 1.54) is 0 Å². The van der Waals surface area contributed by atoms with Crippen LogP contribution in [-0.4, -0.2) is 9.55 Å². The minimum atomic E-state index is -0.233. The number of halogens is 1. The van der Waals surface area contributed by atoms with Crippen LogP contribution in [0.4, 0.5) is 0 Å². The molecule has 0 unspecified atom stereocenters. The second-order valence-corrected chi connectivity index (χ2v) is 3.87. The van der Waals surface area contributed by atoms with Gasteiger partial charge in [0.05, 0.1) is 6.04 Å². The summed E-state index contributed by atoms with van der Waals surface area (Å²) in [6.07, 6.45) is 3.61. The molecule has 78 valence electrons. The molecule has 0 spiro atoms. The zero-order valence-electron chi connectivity index (χ0n) is 8.39. The maximum atomic E-state index is 6.09. The first-order chi connectivity index (χ1) is 7.18. The summed E-state index contributed by atoms with van der Waals surface area (Å²) in [6, 6.07) is 7.30. The van der Waals surface area contributed by atoms with Crippen LogP contribution in [-0.2, 0) is 7.05 Å². The van der Waals surface area contributed by atoms with E-state index in [2.05, 4.69) is 4.98 Å². The molecule has 4 heteroatoms. The fourth-order valence-electron chi connectivity index (χ4n) is 1.53. The first kappa shape index (κ1) is 10.2. The summed E-state index contributed by atoms with van der Waals surface area (Å²) < 4.78 is 1.91. The lowest BCUT2D eigenvalue weighted by Crippen LogP contribution is -2.16. The van der Waals surface area contributed by atoms with Gasteiger partial charge < -0.3 is 10.3 Å². The minimum Gasteiger partial charge on any atom is -0.336 e. The van der Waals surface area contributed by atoms with E-state index in [1.54, 1.807) is 6.20 Å². The second kappa shape index (κ2) is 4.04. The lowest BCUT2D eigenvalue weighted by molar-refractivity contribution is 0.717. The monoisotopic (exact) mass is 221 g/mol. The highest BCUT2D eigenvalue weighted by Gasteiger charge is 2.12. The van der Waals surface area contributed by atoms with Gasteiger partial charge in [-0.15, -0.1) is 0 Å². The van der Waals surface area contributed by atoms with Gasteiger partial charge >= 0.3 is 0 Å². The van der Waals surface area contributed by atoms with Crippen LogP contribution in [0, 0.1) is 0 Å². The van der Waals surface area contributed by atoms with Gasteiger partial charge in [0.2, 0.25) is 0 Å². The normalized spacial score (nSPS) is 12.7. The number of imidazole rings is 1. The van der Waals surface area contributed by atoms with Crippen molar-refractivity contribution >= 4 is 11.6 Å². The fraction of sp³-hybridized carbons (Fsp3) is 0.182. The molecule has 3 nitrogen and oxygen atoms in total. The molecule has 0 fully saturated rings. The summed E-state index contributed by atoms with van der Waals surface area (Å²) in [4.78, 5) is 4.22. The maximum Gasteiger partial charge on any atom is 0.129 e. The van der Waals surface area contributed by atoms with Crippen molar-refractivity contribution in [3.63, 3.8) is 0 Å². The van der Waals surface area contributed by atoms with E-state index in [-0.39, 0.29) is 6.04 Å². The molecular formula is C11H12ClN3. The Balaban J connectivity index is 2.36. The van der Waals surface area contributed by atoms with E-state index in [1.807, 2.05) is 42.1 Å². The topological polar surface area (TPSA) is 43.8 Å². The van der Waals surface area contributed by atoms with Gasteiger partial charge in [-0.3, -0.25) is 0 Å². The molecule has 0 bridgehead atoms. The summed E-state index contributed by atoms with van der Waals surface area (Å²) in [5.74, 6) is 0.831. The molecule has 0 aliphatic heterocycles. The Hall–Kier alpha value is -1.32. The van der Waals surface area contributed by atoms with E-state index >= 15 is 0 Å². The standard InChI is InChI=1S/C11H12ClN3/c1-15-6-5-14-11(15)10(13)8-3-2-4-9(12)7-8/h2-7,10H,13H2,1H3/t10-/m0/s1. The van der Waals surface area contributed by atoms with Gasteiger partial charge in [0, 0.05) is 24.5 Å². The van der Waals surface area contributed by atoms with Crippen molar-refractivity contribution in [2.75, 3.05) is 0 Å². The Bertz CT molecular complexity index is 464. The van der Waals surface area contributed by atoms with Crippen LogP contribution in [0.3, 0.4) is 0 Å². The average molecular weight is 222 g/mol. The van der Waals surface area contributed by atoms with E-state index in [0.717, 1.165) is 11.4 Å². The lowest BCUT2D eigenvalue weighted by Gasteiger charge is -2.11. The Morgan fingerprint density at radius 2 is 2.27 bits per heavy atom. The first-order valence-corrected chi connectivity index (χ1v) is 5.04. The molecule has 0 saturated carbocycles. The highest BCUT2D eigenvalue weighted by molar-refractivity contribution is 6.30. The number of hydrogen-bond donors (Lipinski definition) is 1. The second-order valence-electron chi connectivity index (χ2n) is 3.43. The minimum absolute atomic E-state index is 0.233. The summed E-state index contributed by atoms with van der Waals surface area (Å²) in [5.41, 5.74) is 7.06. The van der Waals surface area contributed by atoms with Gasteiger partial charge in [-0.1, -0.05) is 23.7 Å². The molecule has 1 aromatic heterocycles. The largest absolute Gasteiger partial charge is 0.336 e. The van der Waals surface area contributed by atoms with E-state index in [4.69, 9.17) is 17.3 Å².